The lowest BCUT2D eigenvalue weighted by Crippen LogP contribution is -2.12. The third-order valence-electron chi connectivity index (χ3n) is 6.26. The van der Waals surface area contributed by atoms with Gasteiger partial charge in [-0.3, -0.25) is 0 Å². The van der Waals surface area contributed by atoms with E-state index in [0.29, 0.717) is 11.6 Å². The Kier molecular flexibility index (Phi) is 6.75. The molecular weight excluding hydrogens is 438 g/mol. The van der Waals surface area contributed by atoms with Gasteiger partial charge in [0.25, 0.3) is 0 Å². The molecule has 1 aliphatic carbocycles. The second-order valence-electron chi connectivity index (χ2n) is 8.75. The number of hydrogen-bond acceptors (Lipinski definition) is 4. The minimum Gasteiger partial charge on any atom is -0.482 e. The van der Waals surface area contributed by atoms with E-state index in [9.17, 15) is 4.79 Å². The Morgan fingerprint density at radius 1 is 0.971 bits per heavy atom. The molecule has 1 N–H and O–H groups in total. The Morgan fingerprint density at radius 2 is 1.71 bits per heavy atom. The van der Waals surface area contributed by atoms with E-state index in [1.165, 1.54) is 0 Å². The summed E-state index contributed by atoms with van der Waals surface area (Å²) in [7, 11) is 0. The Morgan fingerprint density at radius 3 is 2.46 bits per heavy atom. The predicted molar refractivity (Wildman–Crippen MR) is 136 cm³/mol. The van der Waals surface area contributed by atoms with Gasteiger partial charge in [0, 0.05) is 16.7 Å². The molecule has 5 rings (SSSR count). The number of rotatable bonds is 8. The molecule has 3 aromatic carbocycles. The molecule has 0 unspecified atom stereocenters. The van der Waals surface area contributed by atoms with Gasteiger partial charge < -0.3 is 14.3 Å². The molecule has 176 valence electrons. The summed E-state index contributed by atoms with van der Waals surface area (Å²) in [5.74, 6) is 1.29. The van der Waals surface area contributed by atoms with Crippen LogP contribution in [-0.2, 0) is 11.2 Å². The van der Waals surface area contributed by atoms with Crippen LogP contribution in [0.25, 0.3) is 28.2 Å². The highest BCUT2D eigenvalue weighted by Crippen LogP contribution is 2.40. The highest BCUT2D eigenvalue weighted by molar-refractivity contribution is 5.79. The fraction of sp³-hybridized carbons (Fsp3) is 0.200. The van der Waals surface area contributed by atoms with E-state index < -0.39 is 5.97 Å². The minimum atomic E-state index is -0.986. The van der Waals surface area contributed by atoms with Gasteiger partial charge in [0.15, 0.2) is 12.4 Å². The SMILES string of the molecule is O=C(O)COc1cccc(C[C@@H]2CCCC=C2c2nc(-c3ccccc3)c(-c3ccccc3)o2)c1. The number of hydrogen-bond donors (Lipinski definition) is 1. The van der Waals surface area contributed by atoms with E-state index in [1.54, 1.807) is 6.07 Å². The zero-order chi connectivity index (χ0) is 24.0. The van der Waals surface area contributed by atoms with Gasteiger partial charge in [0.1, 0.15) is 11.4 Å². The zero-order valence-corrected chi connectivity index (χ0v) is 19.4. The minimum absolute atomic E-state index is 0.254. The second-order valence-corrected chi connectivity index (χ2v) is 8.75. The number of aliphatic carboxylic acids is 1. The number of nitrogens with zero attached hydrogens (tertiary/aromatic N) is 1. The van der Waals surface area contributed by atoms with Gasteiger partial charge in [-0.1, -0.05) is 78.9 Å². The largest absolute Gasteiger partial charge is 0.482 e. The van der Waals surface area contributed by atoms with Crippen LogP contribution in [0.4, 0.5) is 0 Å². The average molecular weight is 466 g/mol. The van der Waals surface area contributed by atoms with Crippen LogP contribution in [0, 0.1) is 5.92 Å². The first kappa shape index (κ1) is 22.7. The molecule has 0 aliphatic heterocycles. The molecule has 4 aromatic rings. The fourth-order valence-corrected chi connectivity index (χ4v) is 4.63. The summed E-state index contributed by atoms with van der Waals surface area (Å²) < 4.78 is 11.9. The summed E-state index contributed by atoms with van der Waals surface area (Å²) in [6.45, 7) is -0.348. The third kappa shape index (κ3) is 5.35. The van der Waals surface area contributed by atoms with Crippen LogP contribution in [0.5, 0.6) is 5.75 Å². The van der Waals surface area contributed by atoms with Crippen molar-refractivity contribution >= 4 is 11.5 Å². The van der Waals surface area contributed by atoms with Crippen LogP contribution in [0.1, 0.15) is 30.7 Å². The highest BCUT2D eigenvalue weighted by Gasteiger charge is 2.26. The van der Waals surface area contributed by atoms with E-state index >= 15 is 0 Å². The zero-order valence-electron chi connectivity index (χ0n) is 19.4. The third-order valence-corrected chi connectivity index (χ3v) is 6.26. The van der Waals surface area contributed by atoms with E-state index in [2.05, 4.69) is 24.3 Å². The Hall–Kier alpha value is -4.12. The Labute approximate surface area is 204 Å². The molecule has 1 aliphatic rings. The maximum absolute atomic E-state index is 10.9. The summed E-state index contributed by atoms with van der Waals surface area (Å²) in [5.41, 5.74) is 5.11. The van der Waals surface area contributed by atoms with Crippen molar-refractivity contribution in [3.05, 3.63) is 102 Å². The summed E-state index contributed by atoms with van der Waals surface area (Å²) in [6, 6.07) is 27.9. The van der Waals surface area contributed by atoms with Gasteiger partial charge in [-0.15, -0.1) is 0 Å². The second kappa shape index (κ2) is 10.4. The average Bonchev–Trinajstić information content (AvgIpc) is 3.34. The molecule has 0 fully saturated rings. The fourth-order valence-electron chi connectivity index (χ4n) is 4.63. The van der Waals surface area contributed by atoms with Crippen molar-refractivity contribution < 1.29 is 19.1 Å². The van der Waals surface area contributed by atoms with Crippen LogP contribution in [0.15, 0.2) is 95.4 Å². The van der Waals surface area contributed by atoms with Gasteiger partial charge >= 0.3 is 5.97 Å². The summed E-state index contributed by atoms with van der Waals surface area (Å²) in [5, 5.41) is 8.91. The molecule has 35 heavy (non-hydrogen) atoms. The van der Waals surface area contributed by atoms with Crippen LogP contribution in [0.2, 0.25) is 0 Å². The molecule has 0 spiro atoms. The van der Waals surface area contributed by atoms with Gasteiger partial charge in [0.2, 0.25) is 5.89 Å². The molecule has 5 nitrogen and oxygen atoms in total. The lowest BCUT2D eigenvalue weighted by molar-refractivity contribution is -0.139. The highest BCUT2D eigenvalue weighted by atomic mass is 16.5. The molecule has 0 saturated heterocycles. The number of carboxylic acids is 1. The van der Waals surface area contributed by atoms with Gasteiger partial charge in [0.05, 0.1) is 0 Å². The smallest absolute Gasteiger partial charge is 0.341 e. The van der Waals surface area contributed by atoms with Crippen LogP contribution >= 0.6 is 0 Å². The Balaban J connectivity index is 1.47. The van der Waals surface area contributed by atoms with Gasteiger partial charge in [-0.25, -0.2) is 9.78 Å². The molecule has 0 amide bonds. The number of ether oxygens (including phenoxy) is 1. The summed E-state index contributed by atoms with van der Waals surface area (Å²) >= 11 is 0. The lowest BCUT2D eigenvalue weighted by atomic mass is 9.83. The number of oxazole rings is 1. The quantitative estimate of drug-likeness (QED) is 0.306. The lowest BCUT2D eigenvalue weighted by Gasteiger charge is -2.22. The van der Waals surface area contributed by atoms with E-state index in [0.717, 1.165) is 59.4 Å². The van der Waals surface area contributed by atoms with E-state index in [4.69, 9.17) is 19.2 Å². The topological polar surface area (TPSA) is 72.6 Å². The van der Waals surface area contributed by atoms with Crippen molar-refractivity contribution in [2.75, 3.05) is 6.61 Å². The van der Waals surface area contributed by atoms with Crippen molar-refractivity contribution in [3.63, 3.8) is 0 Å². The van der Waals surface area contributed by atoms with Crippen molar-refractivity contribution in [2.24, 2.45) is 5.92 Å². The summed E-state index contributed by atoms with van der Waals surface area (Å²) in [4.78, 5) is 15.9. The van der Waals surface area contributed by atoms with Crippen molar-refractivity contribution in [3.8, 4) is 28.3 Å². The molecule has 1 aromatic heterocycles. The van der Waals surface area contributed by atoms with Crippen LogP contribution < -0.4 is 4.74 Å². The van der Waals surface area contributed by atoms with Crippen molar-refractivity contribution in [1.82, 2.24) is 4.98 Å². The van der Waals surface area contributed by atoms with Crippen molar-refractivity contribution in [2.45, 2.75) is 25.7 Å². The van der Waals surface area contributed by atoms with E-state index in [1.807, 2.05) is 60.7 Å². The standard InChI is InChI=1S/C30H27NO4/c32-27(33)20-34-25-16-9-10-21(19-25)18-24-15-7-8-17-26(24)30-31-28(22-11-3-1-4-12-22)29(35-30)23-13-5-2-6-14-23/h1-6,9-14,16-17,19,24H,7-8,15,18,20H2,(H,32,33)/t24-/m0/s1. The van der Waals surface area contributed by atoms with Crippen LogP contribution in [-0.4, -0.2) is 22.7 Å². The molecule has 0 radical (unpaired) electrons. The molecule has 0 bridgehead atoms. The number of carboxylic acid groups (broad SMARTS) is 1. The van der Waals surface area contributed by atoms with Gasteiger partial charge in [-0.05, 0) is 49.3 Å². The van der Waals surface area contributed by atoms with Crippen molar-refractivity contribution in [1.29, 1.82) is 0 Å². The Bertz CT molecular complexity index is 1270. The summed E-state index contributed by atoms with van der Waals surface area (Å²) in [6.07, 6.45) is 6.21. The predicted octanol–water partition coefficient (Wildman–Crippen LogP) is 6.90. The van der Waals surface area contributed by atoms with Gasteiger partial charge in [-0.2, -0.15) is 0 Å². The number of allylic oxidation sites excluding steroid dienone is 2. The maximum Gasteiger partial charge on any atom is 0.341 e. The number of carbonyl (C=O) groups is 1. The maximum atomic E-state index is 10.9. The molecular formula is C30H27NO4. The number of benzene rings is 3. The first-order chi connectivity index (χ1) is 17.2. The molecule has 5 heteroatoms. The molecule has 1 atom stereocenters. The monoisotopic (exact) mass is 465 g/mol. The molecule has 1 heterocycles. The van der Waals surface area contributed by atoms with Crippen LogP contribution in [0.3, 0.4) is 0 Å². The van der Waals surface area contributed by atoms with E-state index in [-0.39, 0.29) is 12.5 Å². The normalized spacial score (nSPS) is 15.4. The number of aromatic nitrogens is 1. The first-order valence-electron chi connectivity index (χ1n) is 11.9. The molecule has 0 saturated carbocycles. The first-order valence-corrected chi connectivity index (χ1v) is 11.9.